The molecule has 2 amide bonds. The van der Waals surface area contributed by atoms with E-state index in [1.807, 2.05) is 96.5 Å². The van der Waals surface area contributed by atoms with Crippen LogP contribution in [-0.4, -0.2) is 75.9 Å². The van der Waals surface area contributed by atoms with Crippen LogP contribution in [0.3, 0.4) is 0 Å². The third kappa shape index (κ3) is 9.29. The number of ether oxygens (including phenoxy) is 2. The summed E-state index contributed by atoms with van der Waals surface area (Å²) in [5.41, 5.74) is 5.82. The maximum absolute atomic E-state index is 13.4. The smallest absolute Gasteiger partial charge is 0.261 e. The first-order chi connectivity index (χ1) is 32.7. The van der Waals surface area contributed by atoms with E-state index in [2.05, 4.69) is 9.97 Å². The fraction of sp³-hybridized carbons (Fsp3) is 0.212. The molecule has 15 nitrogen and oxygen atoms in total. The molecule has 0 bridgehead atoms. The predicted molar refractivity (Wildman–Crippen MR) is 254 cm³/mol. The quantitative estimate of drug-likeness (QED) is 0.107. The molecule has 0 atom stereocenters. The lowest BCUT2D eigenvalue weighted by Crippen LogP contribution is -2.34. The van der Waals surface area contributed by atoms with Crippen LogP contribution in [0.5, 0.6) is 11.5 Å². The maximum Gasteiger partial charge on any atom is 0.261 e. The van der Waals surface area contributed by atoms with Crippen molar-refractivity contribution in [2.24, 2.45) is 0 Å². The van der Waals surface area contributed by atoms with Crippen molar-refractivity contribution < 1.29 is 19.1 Å². The van der Waals surface area contributed by atoms with Crippen LogP contribution < -0.4 is 20.6 Å². The van der Waals surface area contributed by atoms with Crippen molar-refractivity contribution >= 4 is 39.3 Å². The zero-order chi connectivity index (χ0) is 46.4. The Morgan fingerprint density at radius 3 is 1.72 bits per heavy atom. The van der Waals surface area contributed by atoms with E-state index in [9.17, 15) is 19.2 Å². The molecule has 9 aromatic rings. The van der Waals surface area contributed by atoms with Gasteiger partial charge >= 0.3 is 0 Å². The number of imidazole rings is 1. The summed E-state index contributed by atoms with van der Waals surface area (Å²) in [6, 6.07) is 33.3. The summed E-state index contributed by atoms with van der Waals surface area (Å²) in [6.07, 6.45) is 10.3. The van der Waals surface area contributed by atoms with Crippen LogP contribution >= 0.6 is 0 Å². The van der Waals surface area contributed by atoms with E-state index in [0.717, 1.165) is 33.8 Å². The summed E-state index contributed by atoms with van der Waals surface area (Å²) in [5, 5.41) is 1.16. The molecule has 4 aromatic carbocycles. The van der Waals surface area contributed by atoms with Crippen molar-refractivity contribution in [3.8, 4) is 11.5 Å². The zero-order valence-electron chi connectivity index (χ0n) is 37.3. The summed E-state index contributed by atoms with van der Waals surface area (Å²) < 4.78 is 16.2. The Balaban J connectivity index is 0.000000168. The number of carbonyl (C=O) groups excluding carboxylic acids is 2. The molecule has 10 rings (SSSR count). The largest absolute Gasteiger partial charge is 0.493 e. The van der Waals surface area contributed by atoms with Gasteiger partial charge in [-0.25, -0.2) is 24.9 Å². The lowest BCUT2D eigenvalue weighted by Gasteiger charge is -2.17. The van der Waals surface area contributed by atoms with E-state index in [1.54, 1.807) is 72.1 Å². The fourth-order valence-corrected chi connectivity index (χ4v) is 8.34. The van der Waals surface area contributed by atoms with Gasteiger partial charge in [-0.05, 0) is 98.0 Å². The molecule has 0 aliphatic carbocycles. The second-order valence-electron chi connectivity index (χ2n) is 16.1. The Bertz CT molecular complexity index is 3350. The molecule has 0 saturated carbocycles. The van der Waals surface area contributed by atoms with E-state index in [4.69, 9.17) is 24.4 Å². The number of pyridine rings is 1. The van der Waals surface area contributed by atoms with Gasteiger partial charge in [-0.3, -0.25) is 33.2 Å². The van der Waals surface area contributed by atoms with Crippen LogP contribution in [0.1, 0.15) is 55.0 Å². The Morgan fingerprint density at radius 1 is 0.537 bits per heavy atom. The molecular weight excluding hydrogens is 847 g/mol. The van der Waals surface area contributed by atoms with Crippen molar-refractivity contribution in [3.63, 3.8) is 0 Å². The van der Waals surface area contributed by atoms with Crippen LogP contribution in [0, 0.1) is 6.92 Å². The highest BCUT2D eigenvalue weighted by Gasteiger charge is 2.35. The summed E-state index contributed by atoms with van der Waals surface area (Å²) >= 11 is 0. The van der Waals surface area contributed by atoms with Crippen LogP contribution in [0.2, 0.25) is 0 Å². The van der Waals surface area contributed by atoms with Gasteiger partial charge in [0.05, 0.1) is 52.8 Å². The van der Waals surface area contributed by atoms with Gasteiger partial charge in [0.2, 0.25) is 0 Å². The van der Waals surface area contributed by atoms with Crippen LogP contribution in [0.15, 0.2) is 144 Å². The van der Waals surface area contributed by atoms with Gasteiger partial charge in [-0.1, -0.05) is 48.5 Å². The molecule has 5 aromatic heterocycles. The number of fused-ring (bicyclic) bond motifs is 4. The first-order valence-corrected chi connectivity index (χ1v) is 22.0. The number of hydrogen-bond donors (Lipinski definition) is 0. The molecule has 0 saturated heterocycles. The number of amides is 2. The third-order valence-corrected chi connectivity index (χ3v) is 11.9. The monoisotopic (exact) mass is 893 g/mol. The number of aromatic nitrogens is 8. The number of benzene rings is 4. The first kappa shape index (κ1) is 43.9. The number of nitrogens with zero attached hydrogens (tertiary/aromatic N) is 9. The molecule has 67 heavy (non-hydrogen) atoms. The van der Waals surface area contributed by atoms with Gasteiger partial charge in [0.15, 0.2) is 11.5 Å². The molecule has 15 heteroatoms. The molecule has 0 spiro atoms. The highest BCUT2D eigenvalue weighted by atomic mass is 16.5. The van der Waals surface area contributed by atoms with Gasteiger partial charge in [-0.2, -0.15) is 0 Å². The number of carbonyl (C=O) groups is 2. The Morgan fingerprint density at radius 2 is 1.10 bits per heavy atom. The molecule has 0 N–H and O–H groups in total. The summed E-state index contributed by atoms with van der Waals surface area (Å²) in [7, 11) is 3.24. The van der Waals surface area contributed by atoms with Crippen molar-refractivity contribution in [2.75, 3.05) is 20.8 Å². The minimum absolute atomic E-state index is 0.0175. The standard InChI is InChI=1S/C27H26N4O3.C25H21N5O3/c1-33-23-12-10-19(17-24(23)34-2)14-16-31-26(29-22-8-4-3-7-21(22)27(31)32)13-11-20-18-30-15-6-5-9-25(30)28-20;1-16-26-14-17(15-27-16)10-12-29-22(28-21-9-5-4-8-20(21)25(29)33)11-13-30-23(31)18-6-2-3-7-19(18)24(30)32/h3-10,12,15,17-18H,11,13-14,16H2,1-2H3;2-9,14-15H,10-13H2,1H3. The summed E-state index contributed by atoms with van der Waals surface area (Å²) in [6.45, 7) is 2.87. The number of methoxy groups -OCH3 is 2. The molecule has 1 aliphatic rings. The first-order valence-electron chi connectivity index (χ1n) is 22.0. The Hall–Kier alpha value is -8.33. The summed E-state index contributed by atoms with van der Waals surface area (Å²) in [5.74, 6) is 2.71. The Labute approximate surface area is 385 Å². The van der Waals surface area contributed by atoms with Crippen molar-refractivity contribution in [2.45, 2.75) is 52.1 Å². The van der Waals surface area contributed by atoms with Crippen molar-refractivity contribution in [1.82, 2.24) is 43.4 Å². The fourth-order valence-electron chi connectivity index (χ4n) is 8.34. The van der Waals surface area contributed by atoms with Gasteiger partial charge in [0.25, 0.3) is 22.9 Å². The highest BCUT2D eigenvalue weighted by Crippen LogP contribution is 2.28. The molecule has 0 unspecified atom stereocenters. The number of para-hydroxylation sites is 2. The van der Waals surface area contributed by atoms with E-state index in [1.165, 1.54) is 4.90 Å². The van der Waals surface area contributed by atoms with E-state index in [0.29, 0.717) is 89.3 Å². The third-order valence-electron chi connectivity index (χ3n) is 11.9. The maximum atomic E-state index is 13.4. The van der Waals surface area contributed by atoms with E-state index < -0.39 is 0 Å². The Kier molecular flexibility index (Phi) is 12.7. The number of imide groups is 1. The SMILES string of the molecule is COc1ccc(CCn2c(CCc3cn4ccccc4n3)nc3ccccc3c2=O)cc1OC.Cc1ncc(CCn2c(CCN3C(=O)c4ccccc4C3=O)nc3ccccc3c2=O)cn1. The van der Waals surface area contributed by atoms with Gasteiger partial charge in [-0.15, -0.1) is 0 Å². The normalized spacial score (nSPS) is 12.1. The molecule has 336 valence electrons. The molecule has 6 heterocycles. The minimum Gasteiger partial charge on any atom is -0.493 e. The van der Waals surface area contributed by atoms with Gasteiger partial charge in [0, 0.05) is 57.3 Å². The molecular formula is C52H47N9O6. The second-order valence-corrected chi connectivity index (χ2v) is 16.1. The topological polar surface area (TPSA) is 169 Å². The van der Waals surface area contributed by atoms with Gasteiger partial charge in [0.1, 0.15) is 23.1 Å². The molecule has 1 aliphatic heterocycles. The zero-order valence-corrected chi connectivity index (χ0v) is 37.3. The van der Waals surface area contributed by atoms with E-state index in [-0.39, 0.29) is 35.9 Å². The minimum atomic E-state index is -0.318. The average molecular weight is 894 g/mol. The second kappa shape index (κ2) is 19.4. The van der Waals surface area contributed by atoms with E-state index >= 15 is 0 Å². The average Bonchev–Trinajstić information content (AvgIpc) is 3.89. The lowest BCUT2D eigenvalue weighted by molar-refractivity contribution is 0.0655. The van der Waals surface area contributed by atoms with Crippen LogP contribution in [-0.2, 0) is 45.2 Å². The number of aryl methyl sites for hydroxylation is 5. The van der Waals surface area contributed by atoms with Crippen molar-refractivity contribution in [1.29, 1.82) is 0 Å². The molecule has 0 radical (unpaired) electrons. The summed E-state index contributed by atoms with van der Waals surface area (Å²) in [4.78, 5) is 76.1. The number of hydrogen-bond acceptors (Lipinski definition) is 11. The number of rotatable bonds is 14. The predicted octanol–water partition coefficient (Wildman–Crippen LogP) is 6.67. The lowest BCUT2D eigenvalue weighted by atomic mass is 10.1. The molecule has 0 fully saturated rings. The highest BCUT2D eigenvalue weighted by molar-refractivity contribution is 6.21. The van der Waals surface area contributed by atoms with Crippen LogP contribution in [0.25, 0.3) is 27.5 Å². The van der Waals surface area contributed by atoms with Gasteiger partial charge < -0.3 is 13.9 Å². The van der Waals surface area contributed by atoms with Crippen LogP contribution in [0.4, 0.5) is 0 Å². The van der Waals surface area contributed by atoms with Crippen molar-refractivity contribution in [3.05, 3.63) is 200 Å².